The first-order valence-corrected chi connectivity index (χ1v) is 10.9. The zero-order valence-electron chi connectivity index (χ0n) is 17.9. The highest BCUT2D eigenvalue weighted by Gasteiger charge is 2.41. The molecule has 0 saturated carbocycles. The molecule has 0 radical (unpaired) electrons. The summed E-state index contributed by atoms with van der Waals surface area (Å²) in [5, 5.41) is 7.67. The molecule has 2 aromatic carbocycles. The van der Waals surface area contributed by atoms with Crippen LogP contribution in [0.25, 0.3) is 22.2 Å². The molecule has 2 aliphatic heterocycles. The van der Waals surface area contributed by atoms with Crippen molar-refractivity contribution in [3.05, 3.63) is 54.1 Å². The highest BCUT2D eigenvalue weighted by atomic mass is 16.7. The van der Waals surface area contributed by atoms with Crippen LogP contribution in [0.2, 0.25) is 0 Å². The fraction of sp³-hybridized carbons (Fsp3) is 0.375. The normalized spacial score (nSPS) is 18.7. The molecule has 3 aromatic rings. The van der Waals surface area contributed by atoms with Gasteiger partial charge in [-0.1, -0.05) is 35.5 Å². The van der Waals surface area contributed by atoms with Crippen molar-refractivity contribution in [3.63, 3.8) is 0 Å². The lowest BCUT2D eigenvalue weighted by Gasteiger charge is -2.38. The molecule has 32 heavy (non-hydrogen) atoms. The Hall–Kier alpha value is -3.23. The number of piperidine rings is 1. The highest BCUT2D eigenvalue weighted by Crippen LogP contribution is 2.32. The van der Waals surface area contributed by atoms with E-state index >= 15 is 0 Å². The highest BCUT2D eigenvalue weighted by molar-refractivity contribution is 6.02. The van der Waals surface area contributed by atoms with E-state index in [0.717, 1.165) is 10.9 Å². The number of benzene rings is 2. The van der Waals surface area contributed by atoms with Gasteiger partial charge in [-0.05, 0) is 25.1 Å². The Labute approximate surface area is 185 Å². The minimum Gasteiger partial charge on any atom is -0.355 e. The monoisotopic (exact) mass is 435 g/mol. The van der Waals surface area contributed by atoms with Gasteiger partial charge in [0, 0.05) is 37.1 Å². The van der Waals surface area contributed by atoms with Gasteiger partial charge in [0.05, 0.1) is 18.6 Å². The Morgan fingerprint density at radius 2 is 1.78 bits per heavy atom. The van der Waals surface area contributed by atoms with Crippen LogP contribution in [0.5, 0.6) is 0 Å². The van der Waals surface area contributed by atoms with Crippen LogP contribution in [-0.4, -0.2) is 60.0 Å². The lowest BCUT2D eigenvalue weighted by Crippen LogP contribution is -2.52. The fourth-order valence-electron chi connectivity index (χ4n) is 4.35. The van der Waals surface area contributed by atoms with E-state index in [4.69, 9.17) is 14.0 Å². The van der Waals surface area contributed by atoms with Gasteiger partial charge in [-0.3, -0.25) is 9.59 Å². The second kappa shape index (κ2) is 8.37. The third-order valence-electron chi connectivity index (χ3n) is 6.14. The van der Waals surface area contributed by atoms with Gasteiger partial charge in [0.2, 0.25) is 5.91 Å². The summed E-state index contributed by atoms with van der Waals surface area (Å²) in [7, 11) is 0. The molecule has 1 N–H and O–H groups in total. The molecule has 3 heterocycles. The number of carbonyl (C=O) groups excluding carboxylic acids is 2. The van der Waals surface area contributed by atoms with Crippen LogP contribution in [-0.2, 0) is 14.3 Å². The maximum atomic E-state index is 12.9. The summed E-state index contributed by atoms with van der Waals surface area (Å²) in [6.07, 6.45) is 1.29. The topological polar surface area (TPSA) is 93.9 Å². The quantitative estimate of drug-likeness (QED) is 0.677. The number of amides is 2. The average molecular weight is 435 g/mol. The number of nitrogens with one attached hydrogen (secondary N) is 1. The zero-order valence-corrected chi connectivity index (χ0v) is 17.9. The minimum atomic E-state index is -0.645. The largest absolute Gasteiger partial charge is 0.355 e. The standard InChI is InChI=1S/C24H25N3O5/c1-16(23(29)27-11-9-24(10-12-27)30-13-14-31-24)25-22(28)18-7-8-20-19(15-18)21(32-26-20)17-5-3-2-4-6-17/h2-8,15-16H,9-14H2,1H3,(H,25,28). The van der Waals surface area contributed by atoms with E-state index in [2.05, 4.69) is 10.5 Å². The second-order valence-corrected chi connectivity index (χ2v) is 8.24. The molecule has 0 aliphatic carbocycles. The van der Waals surface area contributed by atoms with Crippen molar-refractivity contribution in [2.24, 2.45) is 0 Å². The molecule has 2 fully saturated rings. The van der Waals surface area contributed by atoms with E-state index in [1.807, 2.05) is 30.3 Å². The van der Waals surface area contributed by atoms with Gasteiger partial charge < -0.3 is 24.2 Å². The Bertz CT molecular complexity index is 1130. The number of fused-ring (bicyclic) bond motifs is 1. The molecule has 2 saturated heterocycles. The summed E-state index contributed by atoms with van der Waals surface area (Å²) in [5.41, 5.74) is 2.00. The number of aromatic nitrogens is 1. The van der Waals surface area contributed by atoms with Crippen molar-refractivity contribution in [3.8, 4) is 11.3 Å². The number of rotatable bonds is 4. The van der Waals surface area contributed by atoms with Crippen molar-refractivity contribution >= 4 is 22.7 Å². The number of likely N-dealkylation sites (tertiary alicyclic amines) is 1. The Balaban J connectivity index is 1.27. The molecule has 2 amide bonds. The first-order valence-electron chi connectivity index (χ1n) is 10.9. The SMILES string of the molecule is CC(NC(=O)c1ccc2noc(-c3ccccc3)c2c1)C(=O)N1CCC2(CC1)OCCO2. The van der Waals surface area contributed by atoms with Crippen molar-refractivity contribution in [2.45, 2.75) is 31.6 Å². The minimum absolute atomic E-state index is 0.109. The maximum absolute atomic E-state index is 12.9. The van der Waals surface area contributed by atoms with E-state index in [9.17, 15) is 9.59 Å². The number of ether oxygens (including phenoxy) is 2. The number of carbonyl (C=O) groups is 2. The molecule has 1 spiro atoms. The molecular formula is C24H25N3O5. The van der Waals surface area contributed by atoms with E-state index in [1.165, 1.54) is 0 Å². The summed E-state index contributed by atoms with van der Waals surface area (Å²) >= 11 is 0. The predicted octanol–water partition coefficient (Wildman–Crippen LogP) is 2.98. The zero-order chi connectivity index (χ0) is 22.1. The van der Waals surface area contributed by atoms with Crippen LogP contribution >= 0.6 is 0 Å². The van der Waals surface area contributed by atoms with Crippen LogP contribution in [0.1, 0.15) is 30.1 Å². The number of hydrogen-bond acceptors (Lipinski definition) is 6. The van der Waals surface area contributed by atoms with Gasteiger partial charge in [0.25, 0.3) is 5.91 Å². The molecule has 1 unspecified atom stereocenters. The van der Waals surface area contributed by atoms with Gasteiger partial charge in [-0.15, -0.1) is 0 Å². The summed E-state index contributed by atoms with van der Waals surface area (Å²) < 4.78 is 17.0. The Morgan fingerprint density at radius 1 is 1.06 bits per heavy atom. The van der Waals surface area contributed by atoms with Gasteiger partial charge in [-0.2, -0.15) is 0 Å². The van der Waals surface area contributed by atoms with Gasteiger partial charge in [0.15, 0.2) is 11.5 Å². The number of nitrogens with zero attached hydrogens (tertiary/aromatic N) is 2. The van der Waals surface area contributed by atoms with Crippen LogP contribution in [0.3, 0.4) is 0 Å². The van der Waals surface area contributed by atoms with Crippen LogP contribution in [0, 0.1) is 0 Å². The van der Waals surface area contributed by atoms with E-state index < -0.39 is 11.8 Å². The maximum Gasteiger partial charge on any atom is 0.251 e. The third kappa shape index (κ3) is 3.87. The summed E-state index contributed by atoms with van der Waals surface area (Å²) in [6, 6.07) is 14.2. The van der Waals surface area contributed by atoms with E-state index in [0.29, 0.717) is 56.0 Å². The van der Waals surface area contributed by atoms with Gasteiger partial charge >= 0.3 is 0 Å². The van der Waals surface area contributed by atoms with Gasteiger partial charge in [-0.25, -0.2) is 0 Å². The molecule has 0 bridgehead atoms. The predicted molar refractivity (Wildman–Crippen MR) is 117 cm³/mol. The third-order valence-corrected chi connectivity index (χ3v) is 6.14. The lowest BCUT2D eigenvalue weighted by atomic mass is 10.0. The van der Waals surface area contributed by atoms with E-state index in [-0.39, 0.29) is 11.8 Å². The Morgan fingerprint density at radius 3 is 2.50 bits per heavy atom. The summed E-state index contributed by atoms with van der Waals surface area (Å²) in [4.78, 5) is 27.5. The first kappa shape index (κ1) is 20.7. The summed E-state index contributed by atoms with van der Waals surface area (Å²) in [5.74, 6) is -0.350. The van der Waals surface area contributed by atoms with E-state index in [1.54, 1.807) is 30.0 Å². The van der Waals surface area contributed by atoms with Gasteiger partial charge in [0.1, 0.15) is 11.6 Å². The molecule has 1 atom stereocenters. The molecule has 166 valence electrons. The average Bonchev–Trinajstić information content (AvgIpc) is 3.46. The van der Waals surface area contributed by atoms with Crippen molar-refractivity contribution in [1.82, 2.24) is 15.4 Å². The lowest BCUT2D eigenvalue weighted by molar-refractivity contribution is -0.187. The van der Waals surface area contributed by atoms with Crippen molar-refractivity contribution in [1.29, 1.82) is 0 Å². The molecular weight excluding hydrogens is 410 g/mol. The van der Waals surface area contributed by atoms with Crippen LogP contribution < -0.4 is 5.32 Å². The van der Waals surface area contributed by atoms with Crippen LogP contribution in [0.15, 0.2) is 53.1 Å². The molecule has 1 aromatic heterocycles. The molecule has 8 heteroatoms. The summed E-state index contributed by atoms with van der Waals surface area (Å²) in [6.45, 7) is 4.00. The molecule has 8 nitrogen and oxygen atoms in total. The fourth-order valence-corrected chi connectivity index (χ4v) is 4.35. The first-order chi connectivity index (χ1) is 15.5. The second-order valence-electron chi connectivity index (χ2n) is 8.24. The van der Waals surface area contributed by atoms with Crippen molar-refractivity contribution < 1.29 is 23.6 Å². The Kier molecular flexibility index (Phi) is 5.40. The van der Waals surface area contributed by atoms with Crippen molar-refractivity contribution in [2.75, 3.05) is 26.3 Å². The number of hydrogen-bond donors (Lipinski definition) is 1. The molecule has 2 aliphatic rings. The molecule has 5 rings (SSSR count). The smallest absolute Gasteiger partial charge is 0.251 e. The van der Waals surface area contributed by atoms with Crippen LogP contribution in [0.4, 0.5) is 0 Å².